The average molecular weight is 855 g/mol. The van der Waals surface area contributed by atoms with E-state index in [1.54, 1.807) is 54.8 Å². The maximum absolute atomic E-state index is 15.4. The number of urea groups is 1. The van der Waals surface area contributed by atoms with Gasteiger partial charge in [-0.25, -0.2) is 26.4 Å². The molecular weight excluding hydrogens is 805 g/mol. The predicted molar refractivity (Wildman–Crippen MR) is 221 cm³/mol. The number of benzene rings is 3. The summed E-state index contributed by atoms with van der Waals surface area (Å²) in [6.45, 7) is 15.1. The SMILES string of the molecule is CC(C)Oc1cc(Cl)c(S(=O)(=O)NC(C)(C)C)cc1C1=N[C@@](C)(c2ccc(Cl)cc2)[C@@](C)(c2ccc(Cl)cc2)N1C(=O)N1CCN(CCCS(C)(=O)=O)CC1. The van der Waals surface area contributed by atoms with Gasteiger partial charge in [-0.05, 0) is 103 Å². The molecule has 1 N–H and O–H groups in total. The molecule has 5 rings (SSSR count). The summed E-state index contributed by atoms with van der Waals surface area (Å²) in [5, 5.41) is 0.980. The van der Waals surface area contributed by atoms with E-state index in [4.69, 9.17) is 44.5 Å². The van der Waals surface area contributed by atoms with Crippen molar-refractivity contribution in [2.75, 3.05) is 44.7 Å². The van der Waals surface area contributed by atoms with E-state index >= 15 is 4.79 Å². The Morgan fingerprint density at radius 2 is 1.44 bits per heavy atom. The Morgan fingerprint density at radius 1 is 0.891 bits per heavy atom. The minimum Gasteiger partial charge on any atom is -0.490 e. The number of amides is 2. The molecule has 2 heterocycles. The summed E-state index contributed by atoms with van der Waals surface area (Å²) in [5.41, 5.74) is -1.50. The van der Waals surface area contributed by atoms with Gasteiger partial charge in [-0.2, -0.15) is 0 Å². The number of sulfonamides is 1. The van der Waals surface area contributed by atoms with E-state index in [0.29, 0.717) is 49.2 Å². The van der Waals surface area contributed by atoms with E-state index < -0.39 is 36.5 Å². The first-order valence-electron chi connectivity index (χ1n) is 18.1. The molecule has 2 atom stereocenters. The number of nitrogens with one attached hydrogen (secondary N) is 1. The molecule has 0 radical (unpaired) electrons. The number of carbonyl (C=O) groups excluding carboxylic acids is 1. The lowest BCUT2D eigenvalue weighted by molar-refractivity contribution is 0.0868. The molecular formula is C39H50Cl3N5O6S2. The number of sulfone groups is 1. The van der Waals surface area contributed by atoms with Crippen LogP contribution in [0.5, 0.6) is 5.75 Å². The summed E-state index contributed by atoms with van der Waals surface area (Å²) in [4.78, 5) is 26.1. The summed E-state index contributed by atoms with van der Waals surface area (Å²) >= 11 is 19.5. The minimum atomic E-state index is -4.18. The maximum atomic E-state index is 15.4. The van der Waals surface area contributed by atoms with Crippen LogP contribution in [0, 0.1) is 0 Å². The zero-order chi connectivity index (χ0) is 40.7. The smallest absolute Gasteiger partial charge is 0.326 e. The standard InChI is InChI=1S/C39H50Cl3N5O6S2/c1-26(2)53-33-25-32(42)34(55(51,52)44-37(3,4)5)24-31(33)35-43-38(6,27-10-14-29(40)15-11-27)39(7,28-12-16-30(41)17-13-28)47(35)36(48)46-21-19-45(20-22-46)18-9-23-54(8,49)50/h10-17,24-26,44H,9,18-23H2,1-8H3/t38-,39+/m0/s1. The van der Waals surface area contributed by atoms with Gasteiger partial charge in [-0.3, -0.25) is 14.8 Å². The summed E-state index contributed by atoms with van der Waals surface area (Å²) in [6.07, 6.45) is 1.37. The fourth-order valence-electron chi connectivity index (χ4n) is 7.15. The van der Waals surface area contributed by atoms with Gasteiger partial charge < -0.3 is 9.64 Å². The summed E-state index contributed by atoms with van der Waals surface area (Å²) in [6, 6.07) is 17.1. The fraction of sp³-hybridized carbons (Fsp3) is 0.487. The molecule has 1 fully saturated rings. The van der Waals surface area contributed by atoms with Crippen LogP contribution in [0.3, 0.4) is 0 Å². The normalized spacial score (nSPS) is 21.3. The second kappa shape index (κ2) is 16.2. The number of piperazine rings is 1. The maximum Gasteiger partial charge on any atom is 0.326 e. The molecule has 0 unspecified atom stereocenters. The average Bonchev–Trinajstić information content (AvgIpc) is 3.31. The van der Waals surface area contributed by atoms with Crippen molar-refractivity contribution in [1.29, 1.82) is 0 Å². The lowest BCUT2D eigenvalue weighted by Crippen LogP contribution is -2.60. The van der Waals surface area contributed by atoms with E-state index in [1.165, 1.54) is 18.4 Å². The quantitative estimate of drug-likeness (QED) is 0.211. The topological polar surface area (TPSA) is 129 Å². The van der Waals surface area contributed by atoms with Crippen LogP contribution in [0.15, 0.2) is 70.6 Å². The van der Waals surface area contributed by atoms with Gasteiger partial charge >= 0.3 is 6.03 Å². The van der Waals surface area contributed by atoms with Crippen LogP contribution < -0.4 is 9.46 Å². The van der Waals surface area contributed by atoms with Crippen LogP contribution in [0.2, 0.25) is 15.1 Å². The van der Waals surface area contributed by atoms with E-state index in [1.807, 2.05) is 52.0 Å². The third kappa shape index (κ3) is 9.46. The van der Waals surface area contributed by atoms with Gasteiger partial charge in [-0.15, -0.1) is 0 Å². The molecule has 3 aromatic carbocycles. The van der Waals surface area contributed by atoms with Gasteiger partial charge in [0.25, 0.3) is 0 Å². The summed E-state index contributed by atoms with van der Waals surface area (Å²) < 4.78 is 60.4. The number of hydrogen-bond acceptors (Lipinski definition) is 8. The van der Waals surface area contributed by atoms with Gasteiger partial charge in [0.15, 0.2) is 0 Å². The predicted octanol–water partition coefficient (Wildman–Crippen LogP) is 7.58. The largest absolute Gasteiger partial charge is 0.490 e. The zero-order valence-electron chi connectivity index (χ0n) is 32.5. The number of ether oxygens (including phenoxy) is 1. The molecule has 0 bridgehead atoms. The Balaban J connectivity index is 1.74. The first-order valence-corrected chi connectivity index (χ1v) is 22.8. The van der Waals surface area contributed by atoms with Crippen molar-refractivity contribution in [2.45, 2.75) is 82.5 Å². The minimum absolute atomic E-state index is 0.0551. The van der Waals surface area contributed by atoms with E-state index in [9.17, 15) is 16.8 Å². The van der Waals surface area contributed by atoms with Crippen molar-refractivity contribution in [1.82, 2.24) is 19.4 Å². The molecule has 0 aliphatic carbocycles. The Labute approximate surface area is 340 Å². The third-order valence-electron chi connectivity index (χ3n) is 9.94. The first-order chi connectivity index (χ1) is 25.4. The lowest BCUT2D eigenvalue weighted by Gasteiger charge is -2.47. The molecule has 0 spiro atoms. The third-order valence-corrected chi connectivity index (χ3v) is 13.7. The Bertz CT molecular complexity index is 2150. The number of hydrogen-bond donors (Lipinski definition) is 1. The molecule has 0 aromatic heterocycles. The number of rotatable bonds is 11. The van der Waals surface area contributed by atoms with Crippen molar-refractivity contribution in [2.24, 2.45) is 4.99 Å². The van der Waals surface area contributed by atoms with Crippen LogP contribution in [0.4, 0.5) is 4.79 Å². The van der Waals surface area contributed by atoms with Crippen LogP contribution in [0.1, 0.15) is 71.6 Å². The van der Waals surface area contributed by atoms with Gasteiger partial charge in [0, 0.05) is 54.1 Å². The molecule has 0 saturated carbocycles. The highest BCUT2D eigenvalue weighted by atomic mass is 35.5. The number of nitrogens with zero attached hydrogens (tertiary/aromatic N) is 4. The highest BCUT2D eigenvalue weighted by Gasteiger charge is 2.60. The molecule has 1 saturated heterocycles. The highest BCUT2D eigenvalue weighted by molar-refractivity contribution is 7.90. The monoisotopic (exact) mass is 853 g/mol. The molecule has 300 valence electrons. The molecule has 3 aromatic rings. The second-order valence-electron chi connectivity index (χ2n) is 15.8. The molecule has 2 aliphatic rings. The highest BCUT2D eigenvalue weighted by Crippen LogP contribution is 2.54. The Hall–Kier alpha value is -2.91. The van der Waals surface area contributed by atoms with E-state index in [-0.39, 0.29) is 45.0 Å². The van der Waals surface area contributed by atoms with Crippen molar-refractivity contribution in [3.05, 3.63) is 92.4 Å². The van der Waals surface area contributed by atoms with Gasteiger partial charge in [0.2, 0.25) is 10.0 Å². The number of aliphatic imine (C=N–C) groups is 1. The number of carbonyl (C=O) groups is 1. The first kappa shape index (κ1) is 43.2. The van der Waals surface area contributed by atoms with Crippen molar-refractivity contribution in [3.63, 3.8) is 0 Å². The van der Waals surface area contributed by atoms with Crippen LogP contribution in [-0.4, -0.2) is 99.8 Å². The molecule has 2 aliphatic heterocycles. The van der Waals surface area contributed by atoms with Crippen LogP contribution in [-0.2, 0) is 30.9 Å². The lowest BCUT2D eigenvalue weighted by atomic mass is 9.71. The van der Waals surface area contributed by atoms with Crippen molar-refractivity contribution >= 4 is 66.5 Å². The van der Waals surface area contributed by atoms with E-state index in [2.05, 4.69) is 9.62 Å². The zero-order valence-corrected chi connectivity index (χ0v) is 36.4. The summed E-state index contributed by atoms with van der Waals surface area (Å²) in [7, 11) is -7.27. The Kier molecular flexibility index (Phi) is 12.7. The summed E-state index contributed by atoms with van der Waals surface area (Å²) in [5.74, 6) is 0.531. The molecule has 2 amide bonds. The van der Waals surface area contributed by atoms with Crippen molar-refractivity contribution in [3.8, 4) is 5.75 Å². The molecule has 11 nitrogen and oxygen atoms in total. The van der Waals surface area contributed by atoms with Gasteiger partial charge in [-0.1, -0.05) is 59.1 Å². The second-order valence-corrected chi connectivity index (χ2v) is 21.0. The fourth-order valence-corrected chi connectivity index (χ4v) is 10.0. The number of amidine groups is 1. The van der Waals surface area contributed by atoms with E-state index in [0.717, 1.165) is 11.1 Å². The van der Waals surface area contributed by atoms with Crippen LogP contribution >= 0.6 is 34.8 Å². The van der Waals surface area contributed by atoms with Gasteiger partial charge in [0.05, 0.1) is 22.4 Å². The molecule has 55 heavy (non-hydrogen) atoms. The Morgan fingerprint density at radius 3 is 1.95 bits per heavy atom. The van der Waals surface area contributed by atoms with Crippen molar-refractivity contribution < 1.29 is 26.4 Å². The number of halogens is 3. The van der Waals surface area contributed by atoms with Crippen LogP contribution in [0.25, 0.3) is 0 Å². The van der Waals surface area contributed by atoms with Gasteiger partial charge in [0.1, 0.15) is 37.4 Å². The molecule has 16 heteroatoms.